The molecule has 2 saturated carbocycles. The van der Waals surface area contributed by atoms with Gasteiger partial charge in [-0.2, -0.15) is 22.6 Å². The van der Waals surface area contributed by atoms with Gasteiger partial charge in [0, 0.05) is 56.0 Å². The second-order valence-corrected chi connectivity index (χ2v) is 13.6. The summed E-state index contributed by atoms with van der Waals surface area (Å²) < 4.78 is 68.9. The summed E-state index contributed by atoms with van der Waals surface area (Å²) in [6.07, 6.45) is 1.40. The van der Waals surface area contributed by atoms with Crippen molar-refractivity contribution in [3.63, 3.8) is 0 Å². The van der Waals surface area contributed by atoms with E-state index in [1.165, 1.54) is 25.0 Å². The molecule has 7 rings (SSSR count). The fourth-order valence-corrected chi connectivity index (χ4v) is 8.39. The third-order valence-electron chi connectivity index (χ3n) is 8.66. The average Bonchev–Trinajstić information content (AvgIpc) is 3.47. The monoisotopic (exact) mass is 536 g/mol. The Hall–Kier alpha value is -2.67. The number of benzene rings is 1. The third kappa shape index (κ3) is 3.68. The molecule has 1 aromatic heterocycles. The molecule has 9 nitrogen and oxygen atoms in total. The second-order valence-electron chi connectivity index (χ2n) is 11.7. The van der Waals surface area contributed by atoms with Gasteiger partial charge < -0.3 is 9.80 Å². The van der Waals surface area contributed by atoms with Crippen LogP contribution in [0.3, 0.4) is 0 Å². The van der Waals surface area contributed by atoms with E-state index in [1.54, 1.807) is 4.90 Å². The largest absolute Gasteiger partial charge is 0.417 e. The minimum atomic E-state index is -4.75. The number of likely N-dealkylation sites (tertiary alicyclic amines) is 2. The number of nitrogens with zero attached hydrogens (tertiary/aromatic N) is 6. The molecule has 37 heavy (non-hydrogen) atoms. The molecule has 3 aliphatic heterocycles. The van der Waals surface area contributed by atoms with Crippen LogP contribution in [-0.4, -0.2) is 82.6 Å². The van der Waals surface area contributed by atoms with Crippen LogP contribution in [0.1, 0.15) is 49.0 Å². The SMILES string of the molecule is O=C(N1CC2(CC(n3cnc(C4CC4)n3)C2)C1)N1CC2(C1)CN(S(=O)(=O)c1ccccc1C(F)(F)F)C2. The van der Waals surface area contributed by atoms with Gasteiger partial charge in [0.1, 0.15) is 6.33 Å². The molecule has 2 aliphatic carbocycles. The van der Waals surface area contributed by atoms with Crippen LogP contribution in [0.5, 0.6) is 0 Å². The quantitative estimate of drug-likeness (QED) is 0.599. The molecule has 0 unspecified atom stereocenters. The van der Waals surface area contributed by atoms with E-state index in [-0.39, 0.29) is 30.0 Å². The average molecular weight is 537 g/mol. The Kier molecular flexibility index (Phi) is 4.73. The number of alkyl halides is 3. The van der Waals surface area contributed by atoms with Gasteiger partial charge in [-0.3, -0.25) is 0 Å². The Labute approximate surface area is 212 Å². The van der Waals surface area contributed by atoms with E-state index in [4.69, 9.17) is 0 Å². The maximum Gasteiger partial charge on any atom is 0.417 e. The number of amides is 2. The predicted octanol–water partition coefficient (Wildman–Crippen LogP) is 2.94. The lowest BCUT2D eigenvalue weighted by molar-refractivity contribution is -0.140. The van der Waals surface area contributed by atoms with Gasteiger partial charge in [-0.05, 0) is 37.8 Å². The third-order valence-corrected chi connectivity index (χ3v) is 10.5. The van der Waals surface area contributed by atoms with E-state index >= 15 is 0 Å². The van der Waals surface area contributed by atoms with Gasteiger partial charge in [0.15, 0.2) is 5.82 Å². The standard InChI is InChI=1S/C24H27F3N6O3S/c25-24(26,27)18-3-1-2-4-19(18)37(35,36)32-13-23(14-32)11-31(12-23)21(34)30-9-22(10-30)7-17(8-22)33-15-28-20(29-33)16-5-6-16/h1-4,15-17H,5-14H2. The van der Waals surface area contributed by atoms with E-state index in [0.717, 1.165) is 35.1 Å². The summed E-state index contributed by atoms with van der Waals surface area (Å²) in [6, 6.07) is 4.56. The van der Waals surface area contributed by atoms with E-state index in [9.17, 15) is 26.4 Å². The number of urea groups is 1. The minimum absolute atomic E-state index is 0.0415. The topological polar surface area (TPSA) is 91.6 Å². The second kappa shape index (κ2) is 7.46. The zero-order chi connectivity index (χ0) is 25.8. The lowest BCUT2D eigenvalue weighted by Gasteiger charge is -2.63. The van der Waals surface area contributed by atoms with Crippen LogP contribution in [0.15, 0.2) is 35.5 Å². The molecular formula is C24H27F3N6O3S. The molecule has 1 aromatic carbocycles. The highest BCUT2D eigenvalue weighted by molar-refractivity contribution is 7.89. The van der Waals surface area contributed by atoms with Crippen LogP contribution in [0.25, 0.3) is 0 Å². The molecule has 0 atom stereocenters. The maximum atomic E-state index is 13.3. The summed E-state index contributed by atoms with van der Waals surface area (Å²) in [5.41, 5.74) is -1.37. The van der Waals surface area contributed by atoms with Gasteiger partial charge in [-0.25, -0.2) is 22.9 Å². The zero-order valence-corrected chi connectivity index (χ0v) is 20.9. The van der Waals surface area contributed by atoms with Gasteiger partial charge in [0.25, 0.3) is 0 Å². The van der Waals surface area contributed by atoms with E-state index in [1.807, 2.05) is 15.9 Å². The fourth-order valence-electron chi connectivity index (χ4n) is 6.51. The first-order valence-electron chi connectivity index (χ1n) is 12.6. The van der Waals surface area contributed by atoms with E-state index < -0.39 is 26.7 Å². The van der Waals surface area contributed by atoms with Crippen LogP contribution in [0.2, 0.25) is 0 Å². The Balaban J connectivity index is 0.902. The van der Waals surface area contributed by atoms with Gasteiger partial charge in [-0.15, -0.1) is 0 Å². The molecule has 0 radical (unpaired) electrons. The van der Waals surface area contributed by atoms with Gasteiger partial charge in [0.2, 0.25) is 10.0 Å². The smallest absolute Gasteiger partial charge is 0.323 e. The molecule has 2 aromatic rings. The van der Waals surface area contributed by atoms with E-state index in [2.05, 4.69) is 10.1 Å². The number of hydrogen-bond acceptors (Lipinski definition) is 5. The number of sulfonamides is 1. The Bertz CT molecular complexity index is 1360. The van der Waals surface area contributed by atoms with Crippen LogP contribution in [0, 0.1) is 10.8 Å². The summed E-state index contributed by atoms with van der Waals surface area (Å²) in [4.78, 5) is 20.2. The van der Waals surface area contributed by atoms with Gasteiger partial charge in [-0.1, -0.05) is 12.1 Å². The molecule has 4 heterocycles. The number of carbonyl (C=O) groups excluding carboxylic acids is 1. The molecule has 5 fully saturated rings. The van der Waals surface area contributed by atoms with Crippen molar-refractivity contribution in [1.82, 2.24) is 28.9 Å². The van der Waals surface area contributed by atoms with E-state index in [0.29, 0.717) is 38.1 Å². The zero-order valence-electron chi connectivity index (χ0n) is 20.1. The Morgan fingerprint density at radius 1 is 0.946 bits per heavy atom. The lowest BCUT2D eigenvalue weighted by atomic mass is 9.60. The number of rotatable bonds is 4. The van der Waals surface area contributed by atoms with Crippen molar-refractivity contribution in [1.29, 1.82) is 0 Å². The molecule has 0 bridgehead atoms. The normalized spacial score (nSPS) is 24.9. The molecule has 3 saturated heterocycles. The number of halogens is 3. The maximum absolute atomic E-state index is 13.3. The van der Waals surface area contributed by atoms with Crippen molar-refractivity contribution in [2.24, 2.45) is 10.8 Å². The molecule has 2 amide bonds. The van der Waals surface area contributed by atoms with Gasteiger partial charge in [0.05, 0.1) is 16.5 Å². The summed E-state index contributed by atoms with van der Waals surface area (Å²) in [7, 11) is -4.26. The van der Waals surface area contributed by atoms with Crippen LogP contribution in [-0.2, 0) is 16.2 Å². The number of aromatic nitrogens is 3. The number of hydrogen-bond donors (Lipinski definition) is 0. The highest BCUT2D eigenvalue weighted by atomic mass is 32.2. The summed E-state index contributed by atoms with van der Waals surface area (Å²) in [5.74, 6) is 1.48. The van der Waals surface area contributed by atoms with Crippen molar-refractivity contribution in [3.05, 3.63) is 42.0 Å². The highest BCUT2D eigenvalue weighted by Gasteiger charge is 2.60. The minimum Gasteiger partial charge on any atom is -0.323 e. The van der Waals surface area contributed by atoms with Crippen LogP contribution >= 0.6 is 0 Å². The Morgan fingerprint density at radius 3 is 2.19 bits per heavy atom. The van der Waals surface area contributed by atoms with Crippen LogP contribution in [0.4, 0.5) is 18.0 Å². The van der Waals surface area contributed by atoms with Crippen molar-refractivity contribution in [3.8, 4) is 0 Å². The number of carbonyl (C=O) groups is 1. The van der Waals surface area contributed by atoms with Crippen molar-refractivity contribution < 1.29 is 26.4 Å². The molecule has 198 valence electrons. The van der Waals surface area contributed by atoms with Crippen molar-refractivity contribution in [2.75, 3.05) is 39.3 Å². The predicted molar refractivity (Wildman–Crippen MR) is 124 cm³/mol. The van der Waals surface area contributed by atoms with Crippen molar-refractivity contribution >= 4 is 16.1 Å². The van der Waals surface area contributed by atoms with Crippen molar-refractivity contribution in [2.45, 2.75) is 48.7 Å². The molecule has 5 aliphatic rings. The first kappa shape index (κ1) is 23.4. The first-order chi connectivity index (χ1) is 17.5. The highest BCUT2D eigenvalue weighted by Crippen LogP contribution is 2.55. The van der Waals surface area contributed by atoms with Gasteiger partial charge >= 0.3 is 12.2 Å². The summed E-state index contributed by atoms with van der Waals surface area (Å²) >= 11 is 0. The summed E-state index contributed by atoms with van der Waals surface area (Å²) in [5, 5.41) is 4.63. The fraction of sp³-hybridized carbons (Fsp3) is 0.625. The molecule has 13 heteroatoms. The van der Waals surface area contributed by atoms with Crippen LogP contribution < -0.4 is 0 Å². The lowest BCUT2D eigenvalue weighted by Crippen LogP contribution is -2.76. The molecule has 2 spiro atoms. The first-order valence-corrected chi connectivity index (χ1v) is 14.0. The Morgan fingerprint density at radius 2 is 1.57 bits per heavy atom. The summed E-state index contributed by atoms with van der Waals surface area (Å²) in [6.45, 7) is 2.52. The molecular weight excluding hydrogens is 509 g/mol. The molecule has 0 N–H and O–H groups in total.